The maximum atomic E-state index is 11.7. The highest BCUT2D eigenvalue weighted by Crippen LogP contribution is 2.14. The van der Waals surface area contributed by atoms with Gasteiger partial charge in [-0.2, -0.15) is 0 Å². The normalized spacial score (nSPS) is 10.2. The number of ether oxygens (including phenoxy) is 1. The van der Waals surface area contributed by atoms with Gasteiger partial charge in [0.05, 0.1) is 4.92 Å². The zero-order valence-electron chi connectivity index (χ0n) is 14.0. The number of esters is 1. The molecule has 2 aromatic rings. The molecule has 9 nitrogen and oxygen atoms in total. The summed E-state index contributed by atoms with van der Waals surface area (Å²) in [6.07, 6.45) is 2.36. The number of amides is 2. The van der Waals surface area contributed by atoms with Crippen molar-refractivity contribution in [1.29, 1.82) is 0 Å². The summed E-state index contributed by atoms with van der Waals surface area (Å²) in [5.41, 5.74) is 4.98. The van der Waals surface area contributed by atoms with Gasteiger partial charge in [0.1, 0.15) is 0 Å². The maximum absolute atomic E-state index is 11.7. The molecule has 0 saturated heterocycles. The summed E-state index contributed by atoms with van der Waals surface area (Å²) in [6.45, 7) is -0.604. The van der Waals surface area contributed by atoms with E-state index in [1.54, 1.807) is 36.4 Å². The SMILES string of the molecule is O=C(COC(=O)/C=C/c1cccc([N+](=O)[O-])c1)NNC(=O)c1ccccc1. The van der Waals surface area contributed by atoms with Gasteiger partial charge >= 0.3 is 5.97 Å². The van der Waals surface area contributed by atoms with Crippen LogP contribution in [0.25, 0.3) is 6.08 Å². The van der Waals surface area contributed by atoms with E-state index in [4.69, 9.17) is 4.74 Å². The molecule has 0 aliphatic carbocycles. The maximum Gasteiger partial charge on any atom is 0.331 e. The Kier molecular flexibility index (Phi) is 6.77. The predicted molar refractivity (Wildman–Crippen MR) is 95.1 cm³/mol. The number of rotatable bonds is 6. The van der Waals surface area contributed by atoms with Crippen molar-refractivity contribution in [2.75, 3.05) is 6.61 Å². The molecule has 138 valence electrons. The smallest absolute Gasteiger partial charge is 0.331 e. The van der Waals surface area contributed by atoms with Gasteiger partial charge in [0.15, 0.2) is 6.61 Å². The summed E-state index contributed by atoms with van der Waals surface area (Å²) in [5, 5.41) is 10.7. The van der Waals surface area contributed by atoms with Crippen LogP contribution in [0.1, 0.15) is 15.9 Å². The van der Waals surface area contributed by atoms with Crippen LogP contribution in [0.15, 0.2) is 60.7 Å². The van der Waals surface area contributed by atoms with Gasteiger partial charge in [-0.25, -0.2) is 4.79 Å². The molecular formula is C18H15N3O6. The molecule has 2 aromatic carbocycles. The molecule has 0 spiro atoms. The monoisotopic (exact) mass is 369 g/mol. The first kappa shape index (κ1) is 19.3. The first-order chi connectivity index (χ1) is 13.0. The lowest BCUT2D eigenvalue weighted by atomic mass is 10.2. The molecule has 0 bridgehead atoms. The lowest BCUT2D eigenvalue weighted by Crippen LogP contribution is -2.43. The molecule has 0 heterocycles. The summed E-state index contributed by atoms with van der Waals surface area (Å²) >= 11 is 0. The van der Waals surface area contributed by atoms with Crippen molar-refractivity contribution in [1.82, 2.24) is 10.9 Å². The van der Waals surface area contributed by atoms with Crippen molar-refractivity contribution < 1.29 is 24.0 Å². The quantitative estimate of drug-likeness (QED) is 0.345. The highest BCUT2D eigenvalue weighted by molar-refractivity contribution is 5.95. The number of hydrogen-bond donors (Lipinski definition) is 2. The number of carbonyl (C=O) groups is 3. The van der Waals surface area contributed by atoms with Crippen molar-refractivity contribution in [3.8, 4) is 0 Å². The second-order valence-corrected chi connectivity index (χ2v) is 5.16. The topological polar surface area (TPSA) is 128 Å². The van der Waals surface area contributed by atoms with Crippen LogP contribution in [-0.2, 0) is 14.3 Å². The average molecular weight is 369 g/mol. The molecule has 0 fully saturated rings. The largest absolute Gasteiger partial charge is 0.452 e. The van der Waals surface area contributed by atoms with Crippen LogP contribution in [0.5, 0.6) is 0 Å². The molecule has 0 radical (unpaired) electrons. The number of nitrogens with one attached hydrogen (secondary N) is 2. The van der Waals surface area contributed by atoms with Crippen molar-refractivity contribution >= 4 is 29.5 Å². The highest BCUT2D eigenvalue weighted by atomic mass is 16.6. The number of nitro benzene ring substituents is 1. The number of nitro groups is 1. The van der Waals surface area contributed by atoms with E-state index in [2.05, 4.69) is 10.9 Å². The minimum atomic E-state index is -0.814. The van der Waals surface area contributed by atoms with Crippen LogP contribution in [0, 0.1) is 10.1 Å². The first-order valence-electron chi connectivity index (χ1n) is 7.69. The average Bonchev–Trinajstić information content (AvgIpc) is 2.69. The molecule has 0 unspecified atom stereocenters. The zero-order chi connectivity index (χ0) is 19.6. The number of nitrogens with zero attached hydrogens (tertiary/aromatic N) is 1. The van der Waals surface area contributed by atoms with E-state index < -0.39 is 29.3 Å². The third-order valence-corrected chi connectivity index (χ3v) is 3.19. The number of hydrazine groups is 1. The Labute approximate surface area is 153 Å². The van der Waals surface area contributed by atoms with Crippen LogP contribution < -0.4 is 10.9 Å². The molecule has 9 heteroatoms. The predicted octanol–water partition coefficient (Wildman–Crippen LogP) is 1.61. The van der Waals surface area contributed by atoms with Crippen molar-refractivity contribution in [2.24, 2.45) is 0 Å². The Bertz CT molecular complexity index is 880. The Balaban J connectivity index is 1.76. The molecule has 2 amide bonds. The summed E-state index contributed by atoms with van der Waals surface area (Å²) in [7, 11) is 0. The van der Waals surface area contributed by atoms with Gasteiger partial charge in [-0.1, -0.05) is 30.3 Å². The molecule has 2 rings (SSSR count). The Morgan fingerprint density at radius 2 is 1.78 bits per heavy atom. The van der Waals surface area contributed by atoms with Crippen LogP contribution in [0.3, 0.4) is 0 Å². The third kappa shape index (κ3) is 6.42. The van der Waals surface area contributed by atoms with Crippen LogP contribution >= 0.6 is 0 Å². The summed E-state index contributed by atoms with van der Waals surface area (Å²) < 4.78 is 4.72. The molecule has 0 saturated carbocycles. The fourth-order valence-corrected chi connectivity index (χ4v) is 1.92. The van der Waals surface area contributed by atoms with Crippen LogP contribution in [0.2, 0.25) is 0 Å². The second kappa shape index (κ2) is 9.47. The second-order valence-electron chi connectivity index (χ2n) is 5.16. The standard InChI is InChI=1S/C18H15N3O6/c22-16(19-20-18(24)14-6-2-1-3-7-14)12-27-17(23)10-9-13-5-4-8-15(11-13)21(25)26/h1-11H,12H2,(H,19,22)(H,20,24)/b10-9+. The van der Waals surface area contributed by atoms with Gasteiger partial charge in [-0.05, 0) is 23.8 Å². The molecule has 0 aliphatic heterocycles. The van der Waals surface area contributed by atoms with Crippen molar-refractivity contribution in [3.05, 3.63) is 81.9 Å². The van der Waals surface area contributed by atoms with Gasteiger partial charge in [-0.15, -0.1) is 0 Å². The fraction of sp³-hybridized carbons (Fsp3) is 0.0556. The van der Waals surface area contributed by atoms with Gasteiger partial charge < -0.3 is 4.74 Å². The summed E-state index contributed by atoms with van der Waals surface area (Å²) in [6, 6.07) is 13.9. The number of benzene rings is 2. The minimum Gasteiger partial charge on any atom is -0.452 e. The minimum absolute atomic E-state index is 0.112. The molecule has 0 atom stereocenters. The Morgan fingerprint density at radius 3 is 2.48 bits per heavy atom. The molecule has 2 N–H and O–H groups in total. The molecular weight excluding hydrogens is 354 g/mol. The highest BCUT2D eigenvalue weighted by Gasteiger charge is 2.09. The third-order valence-electron chi connectivity index (χ3n) is 3.19. The van der Waals surface area contributed by atoms with E-state index in [1.165, 1.54) is 24.3 Å². The summed E-state index contributed by atoms with van der Waals surface area (Å²) in [4.78, 5) is 45.0. The number of hydrogen-bond acceptors (Lipinski definition) is 6. The van der Waals surface area contributed by atoms with Crippen LogP contribution in [-0.4, -0.2) is 29.3 Å². The summed E-state index contributed by atoms with van der Waals surface area (Å²) in [5.74, 6) is -2.05. The lowest BCUT2D eigenvalue weighted by Gasteiger charge is -2.07. The van der Waals surface area contributed by atoms with E-state index in [0.717, 1.165) is 6.08 Å². The van der Waals surface area contributed by atoms with Crippen molar-refractivity contribution in [3.63, 3.8) is 0 Å². The van der Waals surface area contributed by atoms with Crippen molar-refractivity contribution in [2.45, 2.75) is 0 Å². The number of carbonyl (C=O) groups excluding carboxylic acids is 3. The molecule has 0 aromatic heterocycles. The molecule has 0 aliphatic rings. The van der Waals surface area contributed by atoms with Gasteiger partial charge in [0.25, 0.3) is 17.5 Å². The van der Waals surface area contributed by atoms with E-state index >= 15 is 0 Å². The Hall–Kier alpha value is -4.01. The van der Waals surface area contributed by atoms with E-state index in [0.29, 0.717) is 11.1 Å². The van der Waals surface area contributed by atoms with E-state index in [1.807, 2.05) is 0 Å². The van der Waals surface area contributed by atoms with E-state index in [9.17, 15) is 24.5 Å². The number of non-ortho nitro benzene ring substituents is 1. The van der Waals surface area contributed by atoms with Gasteiger partial charge in [0, 0.05) is 23.8 Å². The molecule has 27 heavy (non-hydrogen) atoms. The Morgan fingerprint density at radius 1 is 1.04 bits per heavy atom. The zero-order valence-corrected chi connectivity index (χ0v) is 14.0. The lowest BCUT2D eigenvalue weighted by molar-refractivity contribution is -0.384. The van der Waals surface area contributed by atoms with E-state index in [-0.39, 0.29) is 5.69 Å². The van der Waals surface area contributed by atoms with Gasteiger partial charge in [0.2, 0.25) is 0 Å². The fourth-order valence-electron chi connectivity index (χ4n) is 1.92. The van der Waals surface area contributed by atoms with Crippen LogP contribution in [0.4, 0.5) is 5.69 Å². The first-order valence-corrected chi connectivity index (χ1v) is 7.69. The van der Waals surface area contributed by atoms with Gasteiger partial charge in [-0.3, -0.25) is 30.6 Å².